The van der Waals surface area contributed by atoms with E-state index in [1.54, 1.807) is 0 Å². The molecule has 3 aromatic heterocycles. The lowest BCUT2D eigenvalue weighted by Gasteiger charge is -2.20. The van der Waals surface area contributed by atoms with Crippen LogP contribution in [0, 0.1) is 0 Å². The van der Waals surface area contributed by atoms with Gasteiger partial charge in [0.1, 0.15) is 23.0 Å². The van der Waals surface area contributed by atoms with Gasteiger partial charge in [-0.25, -0.2) is 4.98 Å². The smallest absolute Gasteiger partial charge is 0.255 e. The maximum Gasteiger partial charge on any atom is 0.255 e. The molecule has 8 aromatic rings. The Kier molecular flexibility index (Phi) is 8.19. The lowest BCUT2D eigenvalue weighted by atomic mass is 9.87. The second kappa shape index (κ2) is 12.5. The fraction of sp³-hybridized carbons (Fsp3) is 0.182. The number of benzene rings is 5. The first kappa shape index (κ1) is 33.4. The molecule has 0 spiro atoms. The highest BCUT2D eigenvalue weighted by atomic mass is 79.9. The van der Waals surface area contributed by atoms with E-state index in [2.05, 4.69) is 197 Å². The minimum atomic E-state index is 0.00390. The van der Waals surface area contributed by atoms with Crippen LogP contribution >= 0.6 is 31.9 Å². The molecule has 0 aliphatic carbocycles. The van der Waals surface area contributed by atoms with E-state index >= 15 is 0 Å². The largest absolute Gasteiger partial charge is 0.457 e. The summed E-state index contributed by atoms with van der Waals surface area (Å²) < 4.78 is 15.4. The van der Waals surface area contributed by atoms with Crippen molar-refractivity contribution in [1.82, 2.24) is 14.1 Å². The van der Waals surface area contributed by atoms with Crippen molar-refractivity contribution in [2.45, 2.75) is 52.4 Å². The van der Waals surface area contributed by atoms with Gasteiger partial charge in [-0.15, -0.1) is 0 Å². The minimum Gasteiger partial charge on any atom is -0.457 e. The van der Waals surface area contributed by atoms with Crippen molar-refractivity contribution < 1.29 is 9.30 Å². The van der Waals surface area contributed by atoms with Gasteiger partial charge in [0.05, 0.1) is 20.0 Å². The number of pyridine rings is 1. The van der Waals surface area contributed by atoms with Crippen LogP contribution in [0.1, 0.15) is 52.7 Å². The molecule has 254 valence electrons. The lowest BCUT2D eigenvalue weighted by molar-refractivity contribution is -0.567. The summed E-state index contributed by atoms with van der Waals surface area (Å²) in [4.78, 5) is 4.84. The number of hydrogen-bond donors (Lipinski definition) is 0. The van der Waals surface area contributed by atoms with E-state index in [0.29, 0.717) is 0 Å². The van der Waals surface area contributed by atoms with E-state index in [1.165, 1.54) is 16.5 Å². The molecule has 0 unspecified atom stereocenters. The SMILES string of the molecule is CC(C)(C)c1ccnc(-n2c3ccccc3c3ccc(Oc4cccc(-[n+]5cn(-c6c(Br)cc(C(C)(C)C)cc6Br)c6ccccc65)c4)cc32)c1. The minimum absolute atomic E-state index is 0.00390. The zero-order chi connectivity index (χ0) is 35.7. The van der Waals surface area contributed by atoms with E-state index in [9.17, 15) is 0 Å². The Morgan fingerprint density at radius 3 is 2.02 bits per heavy atom. The van der Waals surface area contributed by atoms with Crippen molar-refractivity contribution >= 4 is 64.7 Å². The number of rotatable bonds is 5. The standard InChI is InChI=1S/C44H39Br2N4O/c1-43(2,3)28-20-21-47-41(24-28)50-37-15-8-7-14-33(37)34-19-18-32(26-40(34)50)51-31-13-11-12-30(25-31)48-27-49(39-17-10-9-16-38(39)48)42-35(45)22-29(23-36(42)46)44(4,5)6/h7-27H,1-6H3/q+1. The predicted octanol–water partition coefficient (Wildman–Crippen LogP) is 12.3. The van der Waals surface area contributed by atoms with Gasteiger partial charge in [-0.3, -0.25) is 4.57 Å². The zero-order valence-corrected chi connectivity index (χ0v) is 32.7. The summed E-state index contributed by atoms with van der Waals surface area (Å²) in [7, 11) is 0. The highest BCUT2D eigenvalue weighted by Gasteiger charge is 2.25. The average Bonchev–Trinajstić information content (AvgIpc) is 3.63. The Bertz CT molecular complexity index is 2600. The van der Waals surface area contributed by atoms with Gasteiger partial charge in [-0.05, 0) is 121 Å². The van der Waals surface area contributed by atoms with Crippen LogP contribution in [-0.4, -0.2) is 14.1 Å². The monoisotopic (exact) mass is 797 g/mol. The Balaban J connectivity index is 1.20. The molecule has 0 aliphatic rings. The molecule has 0 aliphatic heterocycles. The molecule has 3 heterocycles. The Labute approximate surface area is 315 Å². The van der Waals surface area contributed by atoms with E-state index in [0.717, 1.165) is 65.1 Å². The Morgan fingerprint density at radius 2 is 1.27 bits per heavy atom. The molecular formula is C44H39Br2N4O+. The van der Waals surface area contributed by atoms with Crippen LogP contribution in [0.15, 0.2) is 137 Å². The fourth-order valence-corrected chi connectivity index (χ4v) is 8.39. The fourth-order valence-electron chi connectivity index (χ4n) is 6.82. The van der Waals surface area contributed by atoms with E-state index in [4.69, 9.17) is 9.72 Å². The summed E-state index contributed by atoms with van der Waals surface area (Å²) in [5.74, 6) is 2.41. The molecule has 0 saturated heterocycles. The number of hydrogen-bond acceptors (Lipinski definition) is 2. The number of para-hydroxylation sites is 3. The summed E-state index contributed by atoms with van der Waals surface area (Å²) in [5, 5.41) is 2.34. The van der Waals surface area contributed by atoms with Crippen molar-refractivity contribution in [1.29, 1.82) is 0 Å². The molecule has 0 radical (unpaired) electrons. The third-order valence-electron chi connectivity index (χ3n) is 9.57. The van der Waals surface area contributed by atoms with Crippen molar-refractivity contribution in [2.75, 3.05) is 0 Å². The van der Waals surface area contributed by atoms with Gasteiger partial charge in [-0.1, -0.05) is 77.9 Å². The van der Waals surface area contributed by atoms with Gasteiger partial charge in [0.2, 0.25) is 0 Å². The van der Waals surface area contributed by atoms with Gasteiger partial charge in [0.25, 0.3) is 6.33 Å². The molecule has 7 heteroatoms. The van der Waals surface area contributed by atoms with Gasteiger partial charge >= 0.3 is 0 Å². The van der Waals surface area contributed by atoms with Crippen LogP contribution in [0.2, 0.25) is 0 Å². The predicted molar refractivity (Wildman–Crippen MR) is 216 cm³/mol. The van der Waals surface area contributed by atoms with Gasteiger partial charge in [0, 0.05) is 29.1 Å². The van der Waals surface area contributed by atoms with Gasteiger partial charge < -0.3 is 4.74 Å². The molecule has 0 amide bonds. The molecular weight excluding hydrogens is 760 g/mol. The second-order valence-electron chi connectivity index (χ2n) is 15.2. The normalized spacial score (nSPS) is 12.3. The molecule has 8 rings (SSSR count). The third kappa shape index (κ3) is 6.06. The summed E-state index contributed by atoms with van der Waals surface area (Å²) in [6, 6.07) is 40.3. The van der Waals surface area contributed by atoms with Crippen LogP contribution < -0.4 is 9.30 Å². The first-order valence-electron chi connectivity index (χ1n) is 17.2. The van der Waals surface area contributed by atoms with Crippen molar-refractivity contribution in [3.63, 3.8) is 0 Å². The second-order valence-corrected chi connectivity index (χ2v) is 16.9. The van der Waals surface area contributed by atoms with Crippen molar-refractivity contribution in [3.8, 4) is 28.7 Å². The third-order valence-corrected chi connectivity index (χ3v) is 10.8. The maximum absolute atomic E-state index is 6.63. The van der Waals surface area contributed by atoms with E-state index in [-0.39, 0.29) is 10.8 Å². The van der Waals surface area contributed by atoms with Crippen molar-refractivity contribution in [3.05, 3.63) is 148 Å². The van der Waals surface area contributed by atoms with E-state index in [1.807, 2.05) is 18.3 Å². The Morgan fingerprint density at radius 1 is 0.608 bits per heavy atom. The Hall–Kier alpha value is -4.72. The van der Waals surface area contributed by atoms with Crippen LogP contribution in [0.4, 0.5) is 0 Å². The molecule has 51 heavy (non-hydrogen) atoms. The first-order valence-corrected chi connectivity index (χ1v) is 18.8. The van der Waals surface area contributed by atoms with Crippen LogP contribution in [0.5, 0.6) is 11.5 Å². The molecule has 5 nitrogen and oxygen atoms in total. The van der Waals surface area contributed by atoms with Crippen LogP contribution in [0.3, 0.4) is 0 Å². The summed E-state index contributed by atoms with van der Waals surface area (Å²) in [6.07, 6.45) is 4.06. The summed E-state index contributed by atoms with van der Waals surface area (Å²) in [6.45, 7) is 13.4. The highest BCUT2D eigenvalue weighted by Crippen LogP contribution is 2.38. The first-order chi connectivity index (χ1) is 24.4. The van der Waals surface area contributed by atoms with Crippen LogP contribution in [0.25, 0.3) is 50.0 Å². The molecule has 5 aromatic carbocycles. The lowest BCUT2D eigenvalue weighted by Crippen LogP contribution is -2.28. The topological polar surface area (TPSA) is 35.9 Å². The maximum atomic E-state index is 6.63. The van der Waals surface area contributed by atoms with Crippen LogP contribution in [-0.2, 0) is 10.8 Å². The zero-order valence-electron chi connectivity index (χ0n) is 29.6. The van der Waals surface area contributed by atoms with E-state index < -0.39 is 0 Å². The molecule has 0 bridgehead atoms. The number of nitrogens with zero attached hydrogens (tertiary/aromatic N) is 4. The molecule has 0 N–H and O–H groups in total. The van der Waals surface area contributed by atoms with Gasteiger partial charge in [0.15, 0.2) is 16.7 Å². The number of aromatic nitrogens is 4. The summed E-state index contributed by atoms with van der Waals surface area (Å²) in [5.41, 5.74) is 8.92. The number of fused-ring (bicyclic) bond motifs is 4. The highest BCUT2D eigenvalue weighted by molar-refractivity contribution is 9.11. The number of ether oxygens (including phenoxy) is 1. The molecule has 0 saturated carbocycles. The molecule has 0 fully saturated rings. The molecule has 0 atom stereocenters. The average molecular weight is 800 g/mol. The quantitative estimate of drug-likeness (QED) is 0.163. The number of halogens is 2. The summed E-state index contributed by atoms with van der Waals surface area (Å²) >= 11 is 7.80. The van der Waals surface area contributed by atoms with Crippen molar-refractivity contribution in [2.24, 2.45) is 0 Å². The number of imidazole rings is 1. The van der Waals surface area contributed by atoms with Gasteiger partial charge in [-0.2, -0.15) is 9.13 Å².